The number of benzene rings is 1. The minimum atomic E-state index is -0.896. The van der Waals surface area contributed by atoms with Gasteiger partial charge in [-0.2, -0.15) is 0 Å². The summed E-state index contributed by atoms with van der Waals surface area (Å²) in [5.41, 5.74) is -0.517. The first-order valence-electron chi connectivity index (χ1n) is 7.34. The third kappa shape index (κ3) is 3.85. The lowest BCUT2D eigenvalue weighted by Crippen LogP contribution is -2.32. The van der Waals surface area contributed by atoms with Gasteiger partial charge in [0.25, 0.3) is 5.91 Å². The SMILES string of the molecule is COc1cc(C(=O)NCCC(C)(C)C(=O)O)cc2c1OCCO2. The molecule has 1 aliphatic heterocycles. The third-order valence-electron chi connectivity index (χ3n) is 3.70. The zero-order chi connectivity index (χ0) is 17.0. The molecule has 0 unspecified atom stereocenters. The van der Waals surface area contributed by atoms with E-state index in [9.17, 15) is 9.59 Å². The van der Waals surface area contributed by atoms with Gasteiger partial charge in [-0.25, -0.2) is 0 Å². The summed E-state index contributed by atoms with van der Waals surface area (Å²) < 4.78 is 16.2. The van der Waals surface area contributed by atoms with Gasteiger partial charge in [-0.05, 0) is 32.4 Å². The number of fused-ring (bicyclic) bond motifs is 1. The van der Waals surface area contributed by atoms with Crippen LogP contribution in [0.1, 0.15) is 30.6 Å². The van der Waals surface area contributed by atoms with Crippen LogP contribution >= 0.6 is 0 Å². The molecule has 7 heteroatoms. The van der Waals surface area contributed by atoms with E-state index in [4.69, 9.17) is 19.3 Å². The molecule has 0 radical (unpaired) electrons. The normalized spacial score (nSPS) is 13.3. The molecule has 2 rings (SSSR count). The molecule has 2 N–H and O–H groups in total. The molecule has 0 spiro atoms. The van der Waals surface area contributed by atoms with Gasteiger partial charge in [0.05, 0.1) is 12.5 Å². The van der Waals surface area contributed by atoms with Crippen molar-refractivity contribution < 1.29 is 28.9 Å². The van der Waals surface area contributed by atoms with E-state index in [1.807, 2.05) is 0 Å². The number of nitrogens with one attached hydrogen (secondary N) is 1. The quantitative estimate of drug-likeness (QED) is 0.827. The van der Waals surface area contributed by atoms with E-state index in [0.29, 0.717) is 42.4 Å². The van der Waals surface area contributed by atoms with Crippen LogP contribution in [0.2, 0.25) is 0 Å². The zero-order valence-electron chi connectivity index (χ0n) is 13.5. The summed E-state index contributed by atoms with van der Waals surface area (Å²) in [6.45, 7) is 4.34. The monoisotopic (exact) mass is 323 g/mol. The second-order valence-electron chi connectivity index (χ2n) is 5.90. The van der Waals surface area contributed by atoms with Gasteiger partial charge in [-0.1, -0.05) is 0 Å². The number of hydrogen-bond donors (Lipinski definition) is 2. The van der Waals surface area contributed by atoms with Crippen molar-refractivity contribution in [1.82, 2.24) is 5.32 Å². The molecule has 1 aromatic rings. The fourth-order valence-corrected chi connectivity index (χ4v) is 2.10. The topological polar surface area (TPSA) is 94.1 Å². The van der Waals surface area contributed by atoms with Crippen molar-refractivity contribution >= 4 is 11.9 Å². The molecule has 1 amide bonds. The van der Waals surface area contributed by atoms with Crippen LogP contribution in [0.5, 0.6) is 17.2 Å². The van der Waals surface area contributed by atoms with Crippen molar-refractivity contribution in [3.63, 3.8) is 0 Å². The number of ether oxygens (including phenoxy) is 3. The third-order valence-corrected chi connectivity index (χ3v) is 3.70. The highest BCUT2D eigenvalue weighted by Crippen LogP contribution is 2.40. The summed E-state index contributed by atoms with van der Waals surface area (Å²) in [7, 11) is 1.49. The molecule has 1 heterocycles. The number of aliphatic carboxylic acids is 1. The molecule has 1 aromatic carbocycles. The smallest absolute Gasteiger partial charge is 0.309 e. The van der Waals surface area contributed by atoms with E-state index < -0.39 is 11.4 Å². The van der Waals surface area contributed by atoms with Gasteiger partial charge in [-0.15, -0.1) is 0 Å². The van der Waals surface area contributed by atoms with Crippen molar-refractivity contribution in [2.24, 2.45) is 5.41 Å². The molecule has 0 atom stereocenters. The van der Waals surface area contributed by atoms with Crippen LogP contribution < -0.4 is 19.5 Å². The van der Waals surface area contributed by atoms with E-state index in [0.717, 1.165) is 0 Å². The largest absolute Gasteiger partial charge is 0.493 e. The van der Waals surface area contributed by atoms with Crippen LogP contribution in [0.3, 0.4) is 0 Å². The highest BCUT2D eigenvalue weighted by Gasteiger charge is 2.27. The van der Waals surface area contributed by atoms with Crippen molar-refractivity contribution in [3.8, 4) is 17.2 Å². The van der Waals surface area contributed by atoms with E-state index in [1.54, 1.807) is 26.0 Å². The Bertz CT molecular complexity index is 594. The fraction of sp³-hybridized carbons (Fsp3) is 0.500. The van der Waals surface area contributed by atoms with Gasteiger partial charge < -0.3 is 24.6 Å². The van der Waals surface area contributed by atoms with Crippen molar-refractivity contribution in [2.45, 2.75) is 20.3 Å². The molecule has 1 aliphatic rings. The first kappa shape index (κ1) is 16.9. The van der Waals surface area contributed by atoms with Gasteiger partial charge in [0.15, 0.2) is 11.5 Å². The zero-order valence-corrected chi connectivity index (χ0v) is 13.5. The predicted molar refractivity (Wildman–Crippen MR) is 82.4 cm³/mol. The van der Waals surface area contributed by atoms with Crippen LogP contribution in [0.15, 0.2) is 12.1 Å². The van der Waals surface area contributed by atoms with Gasteiger partial charge in [-0.3, -0.25) is 9.59 Å². The maximum Gasteiger partial charge on any atom is 0.309 e. The first-order valence-corrected chi connectivity index (χ1v) is 7.34. The Kier molecular flexibility index (Phi) is 4.98. The number of carboxylic acid groups (broad SMARTS) is 1. The molecule has 0 aromatic heterocycles. The molecule has 0 bridgehead atoms. The van der Waals surface area contributed by atoms with Gasteiger partial charge in [0, 0.05) is 12.1 Å². The summed E-state index contributed by atoms with van der Waals surface area (Å²) in [4.78, 5) is 23.3. The van der Waals surface area contributed by atoms with Crippen LogP contribution in [0.25, 0.3) is 0 Å². The summed E-state index contributed by atoms with van der Waals surface area (Å²) >= 11 is 0. The number of rotatable bonds is 6. The summed E-state index contributed by atoms with van der Waals surface area (Å²) in [5.74, 6) is 0.168. The van der Waals surface area contributed by atoms with Gasteiger partial charge >= 0.3 is 5.97 Å². The standard InChI is InChI=1S/C16H21NO6/c1-16(2,15(19)20)4-5-17-14(18)10-8-11(21-3)13-12(9-10)22-6-7-23-13/h8-9H,4-7H2,1-3H3,(H,17,18)(H,19,20). The predicted octanol–water partition coefficient (Wildman–Crippen LogP) is 1.70. The van der Waals surface area contributed by atoms with Crippen LogP contribution in [0, 0.1) is 5.41 Å². The van der Waals surface area contributed by atoms with E-state index in [1.165, 1.54) is 7.11 Å². The molecular weight excluding hydrogens is 302 g/mol. The lowest BCUT2D eigenvalue weighted by atomic mass is 9.90. The number of carbonyl (C=O) groups is 2. The Morgan fingerprint density at radius 2 is 2.00 bits per heavy atom. The van der Waals surface area contributed by atoms with Crippen LogP contribution in [-0.2, 0) is 4.79 Å². The maximum atomic E-state index is 12.2. The number of amides is 1. The van der Waals surface area contributed by atoms with Crippen LogP contribution in [0.4, 0.5) is 0 Å². The highest BCUT2D eigenvalue weighted by molar-refractivity contribution is 5.95. The number of carbonyl (C=O) groups excluding carboxylic acids is 1. The molecule has 0 aliphatic carbocycles. The summed E-state index contributed by atoms with van der Waals surface area (Å²) in [5, 5.41) is 11.8. The Labute approximate surface area is 134 Å². The van der Waals surface area contributed by atoms with E-state index >= 15 is 0 Å². The summed E-state index contributed by atoms with van der Waals surface area (Å²) in [6.07, 6.45) is 0.329. The second-order valence-corrected chi connectivity index (χ2v) is 5.90. The fourth-order valence-electron chi connectivity index (χ4n) is 2.10. The van der Waals surface area contributed by atoms with Gasteiger partial charge in [0.1, 0.15) is 13.2 Å². The Hall–Kier alpha value is -2.44. The molecule has 0 fully saturated rings. The minimum Gasteiger partial charge on any atom is -0.493 e. The first-order chi connectivity index (χ1) is 10.8. The van der Waals surface area contributed by atoms with Gasteiger partial charge in [0.2, 0.25) is 5.75 Å². The summed E-state index contributed by atoms with van der Waals surface area (Å²) in [6, 6.07) is 3.17. The Balaban J connectivity index is 2.06. The average Bonchev–Trinajstić information content (AvgIpc) is 2.53. The lowest BCUT2D eigenvalue weighted by Gasteiger charge is -2.22. The van der Waals surface area contributed by atoms with Crippen molar-refractivity contribution in [2.75, 3.05) is 26.9 Å². The Morgan fingerprint density at radius 1 is 1.30 bits per heavy atom. The molecule has 23 heavy (non-hydrogen) atoms. The second kappa shape index (κ2) is 6.76. The highest BCUT2D eigenvalue weighted by atomic mass is 16.6. The number of methoxy groups -OCH3 is 1. The Morgan fingerprint density at radius 3 is 2.65 bits per heavy atom. The maximum absolute atomic E-state index is 12.2. The lowest BCUT2D eigenvalue weighted by molar-refractivity contribution is -0.147. The molecular formula is C16H21NO6. The molecule has 0 saturated carbocycles. The molecule has 126 valence electrons. The van der Waals surface area contributed by atoms with Crippen molar-refractivity contribution in [3.05, 3.63) is 17.7 Å². The van der Waals surface area contributed by atoms with E-state index in [-0.39, 0.29) is 12.5 Å². The van der Waals surface area contributed by atoms with E-state index in [2.05, 4.69) is 5.32 Å². The average molecular weight is 323 g/mol. The number of carboxylic acids is 1. The molecule has 7 nitrogen and oxygen atoms in total. The molecule has 0 saturated heterocycles. The number of hydrogen-bond acceptors (Lipinski definition) is 5. The van der Waals surface area contributed by atoms with Crippen molar-refractivity contribution in [1.29, 1.82) is 0 Å². The minimum absolute atomic E-state index is 0.259. The van der Waals surface area contributed by atoms with Crippen LogP contribution in [-0.4, -0.2) is 43.9 Å².